The standard InChI is InChI=1S/C17H18FNO2/c1-19(12-13-6-5-8-15(18)10-13)17(20)11-14-7-3-4-9-16(14)21-2/h3-10H,11-12H2,1-2H3. The van der Waals surface area contributed by atoms with Crippen LogP contribution in [0, 0.1) is 5.82 Å². The van der Waals surface area contributed by atoms with Gasteiger partial charge in [0.15, 0.2) is 0 Å². The third-order valence-corrected chi connectivity index (χ3v) is 3.27. The molecule has 2 rings (SSSR count). The molecule has 0 unspecified atom stereocenters. The van der Waals surface area contributed by atoms with E-state index in [0.29, 0.717) is 12.3 Å². The van der Waals surface area contributed by atoms with Gasteiger partial charge in [-0.1, -0.05) is 30.3 Å². The SMILES string of the molecule is COc1ccccc1CC(=O)N(C)Cc1cccc(F)c1. The van der Waals surface area contributed by atoms with Crippen molar-refractivity contribution in [3.8, 4) is 5.75 Å². The van der Waals surface area contributed by atoms with Crippen LogP contribution in [0.25, 0.3) is 0 Å². The molecule has 0 N–H and O–H groups in total. The van der Waals surface area contributed by atoms with Gasteiger partial charge in [0.25, 0.3) is 0 Å². The third-order valence-electron chi connectivity index (χ3n) is 3.27. The first-order valence-electron chi connectivity index (χ1n) is 6.70. The number of nitrogens with zero attached hydrogens (tertiary/aromatic N) is 1. The maximum atomic E-state index is 13.1. The number of benzene rings is 2. The zero-order valence-corrected chi connectivity index (χ0v) is 12.2. The molecule has 21 heavy (non-hydrogen) atoms. The van der Waals surface area contributed by atoms with Crippen LogP contribution in [0.2, 0.25) is 0 Å². The Labute approximate surface area is 124 Å². The summed E-state index contributed by atoms with van der Waals surface area (Å²) in [6.45, 7) is 0.381. The minimum Gasteiger partial charge on any atom is -0.496 e. The molecular formula is C17H18FNO2. The summed E-state index contributed by atoms with van der Waals surface area (Å²) in [6, 6.07) is 13.7. The summed E-state index contributed by atoms with van der Waals surface area (Å²) in [5, 5.41) is 0. The highest BCUT2D eigenvalue weighted by molar-refractivity contribution is 5.79. The number of rotatable bonds is 5. The van der Waals surface area contributed by atoms with Gasteiger partial charge < -0.3 is 9.64 Å². The Kier molecular flexibility index (Phi) is 4.93. The Hall–Kier alpha value is -2.36. The van der Waals surface area contributed by atoms with E-state index in [1.165, 1.54) is 12.1 Å². The van der Waals surface area contributed by atoms with Gasteiger partial charge in [-0.15, -0.1) is 0 Å². The Morgan fingerprint density at radius 3 is 2.67 bits per heavy atom. The molecule has 0 aliphatic heterocycles. The van der Waals surface area contributed by atoms with Crippen molar-refractivity contribution in [1.29, 1.82) is 0 Å². The number of carbonyl (C=O) groups is 1. The van der Waals surface area contributed by atoms with Crippen LogP contribution in [0.4, 0.5) is 4.39 Å². The van der Waals surface area contributed by atoms with Crippen LogP contribution in [-0.4, -0.2) is 25.0 Å². The molecule has 0 saturated carbocycles. The second-order valence-corrected chi connectivity index (χ2v) is 4.87. The second kappa shape index (κ2) is 6.88. The molecule has 0 fully saturated rings. The van der Waals surface area contributed by atoms with Crippen molar-refractivity contribution in [1.82, 2.24) is 4.90 Å². The summed E-state index contributed by atoms with van der Waals surface area (Å²) in [6.07, 6.45) is 0.260. The fourth-order valence-electron chi connectivity index (χ4n) is 2.14. The lowest BCUT2D eigenvalue weighted by molar-refractivity contribution is -0.129. The molecule has 0 atom stereocenters. The zero-order valence-electron chi connectivity index (χ0n) is 12.2. The number of halogens is 1. The highest BCUT2D eigenvalue weighted by Gasteiger charge is 2.13. The summed E-state index contributed by atoms with van der Waals surface area (Å²) < 4.78 is 18.4. The van der Waals surface area contributed by atoms with E-state index in [4.69, 9.17) is 4.74 Å². The maximum absolute atomic E-state index is 13.1. The molecule has 3 nitrogen and oxygen atoms in total. The van der Waals surface area contributed by atoms with Gasteiger partial charge in [0.1, 0.15) is 11.6 Å². The minimum absolute atomic E-state index is 0.0382. The molecule has 1 amide bonds. The Balaban J connectivity index is 2.02. The van der Waals surface area contributed by atoms with E-state index >= 15 is 0 Å². The monoisotopic (exact) mass is 287 g/mol. The van der Waals surface area contributed by atoms with Gasteiger partial charge in [0.05, 0.1) is 13.5 Å². The zero-order chi connectivity index (χ0) is 15.2. The molecule has 0 heterocycles. The lowest BCUT2D eigenvalue weighted by Crippen LogP contribution is -2.27. The molecule has 0 bridgehead atoms. The average Bonchev–Trinajstić information content (AvgIpc) is 2.47. The molecule has 0 aliphatic carbocycles. The van der Waals surface area contributed by atoms with Crippen molar-refractivity contribution >= 4 is 5.91 Å². The van der Waals surface area contributed by atoms with Crippen LogP contribution in [0.5, 0.6) is 5.75 Å². The van der Waals surface area contributed by atoms with Crippen LogP contribution in [0.15, 0.2) is 48.5 Å². The molecule has 4 heteroatoms. The lowest BCUT2D eigenvalue weighted by Gasteiger charge is -2.18. The van der Waals surface area contributed by atoms with Crippen molar-refractivity contribution in [2.75, 3.05) is 14.2 Å². The van der Waals surface area contributed by atoms with Gasteiger partial charge in [-0.2, -0.15) is 0 Å². The summed E-state index contributed by atoms with van der Waals surface area (Å²) in [5.41, 5.74) is 1.61. The summed E-state index contributed by atoms with van der Waals surface area (Å²) in [7, 11) is 3.29. The first-order chi connectivity index (χ1) is 10.1. The van der Waals surface area contributed by atoms with Gasteiger partial charge in [0.2, 0.25) is 5.91 Å². The highest BCUT2D eigenvalue weighted by Crippen LogP contribution is 2.18. The van der Waals surface area contributed by atoms with Crippen molar-refractivity contribution in [2.24, 2.45) is 0 Å². The number of ether oxygens (including phenoxy) is 1. The number of methoxy groups -OCH3 is 1. The van der Waals surface area contributed by atoms with E-state index in [1.54, 1.807) is 31.2 Å². The largest absolute Gasteiger partial charge is 0.496 e. The van der Waals surface area contributed by atoms with Crippen LogP contribution < -0.4 is 4.74 Å². The molecule has 2 aromatic rings. The fourth-order valence-corrected chi connectivity index (χ4v) is 2.14. The number of hydrogen-bond donors (Lipinski definition) is 0. The van der Waals surface area contributed by atoms with Crippen LogP contribution >= 0.6 is 0 Å². The number of carbonyl (C=O) groups excluding carboxylic acids is 1. The normalized spacial score (nSPS) is 10.2. The van der Waals surface area contributed by atoms with Crippen molar-refractivity contribution in [2.45, 2.75) is 13.0 Å². The van der Waals surface area contributed by atoms with Gasteiger partial charge in [-0.3, -0.25) is 4.79 Å². The van der Waals surface area contributed by atoms with E-state index < -0.39 is 0 Å². The van der Waals surface area contributed by atoms with Crippen LogP contribution in [0.3, 0.4) is 0 Å². The smallest absolute Gasteiger partial charge is 0.227 e. The summed E-state index contributed by atoms with van der Waals surface area (Å²) >= 11 is 0. The van der Waals surface area contributed by atoms with E-state index in [-0.39, 0.29) is 18.1 Å². The summed E-state index contributed by atoms with van der Waals surface area (Å²) in [4.78, 5) is 13.8. The van der Waals surface area contributed by atoms with Crippen molar-refractivity contribution in [3.05, 3.63) is 65.5 Å². The Morgan fingerprint density at radius 2 is 1.95 bits per heavy atom. The molecule has 110 valence electrons. The lowest BCUT2D eigenvalue weighted by atomic mass is 10.1. The van der Waals surface area contributed by atoms with Crippen LogP contribution in [0.1, 0.15) is 11.1 Å². The molecule has 0 spiro atoms. The van der Waals surface area contributed by atoms with E-state index in [9.17, 15) is 9.18 Å². The molecule has 0 saturated heterocycles. The van der Waals surface area contributed by atoms with Crippen LogP contribution in [-0.2, 0) is 17.8 Å². The molecule has 0 aromatic heterocycles. The van der Waals surface area contributed by atoms with Gasteiger partial charge >= 0.3 is 0 Å². The second-order valence-electron chi connectivity index (χ2n) is 4.87. The highest BCUT2D eigenvalue weighted by atomic mass is 19.1. The number of likely N-dealkylation sites (N-methyl/N-ethyl adjacent to an activating group) is 1. The average molecular weight is 287 g/mol. The topological polar surface area (TPSA) is 29.5 Å². The molecular weight excluding hydrogens is 269 g/mol. The first-order valence-corrected chi connectivity index (χ1v) is 6.70. The molecule has 0 radical (unpaired) electrons. The maximum Gasteiger partial charge on any atom is 0.227 e. The summed E-state index contributed by atoms with van der Waals surface area (Å²) in [5.74, 6) is 0.367. The van der Waals surface area contributed by atoms with Crippen molar-refractivity contribution < 1.29 is 13.9 Å². The van der Waals surface area contributed by atoms with Crippen molar-refractivity contribution in [3.63, 3.8) is 0 Å². The first kappa shape index (κ1) is 15.0. The number of amides is 1. The fraction of sp³-hybridized carbons (Fsp3) is 0.235. The Bertz CT molecular complexity index is 628. The van der Waals surface area contributed by atoms with E-state index in [0.717, 1.165) is 11.1 Å². The van der Waals surface area contributed by atoms with Gasteiger partial charge in [-0.05, 0) is 23.8 Å². The molecule has 2 aromatic carbocycles. The predicted octanol–water partition coefficient (Wildman–Crippen LogP) is 3.04. The van der Waals surface area contributed by atoms with E-state index in [2.05, 4.69) is 0 Å². The predicted molar refractivity (Wildman–Crippen MR) is 79.6 cm³/mol. The minimum atomic E-state index is -0.293. The number of para-hydroxylation sites is 1. The molecule has 0 aliphatic rings. The van der Waals surface area contributed by atoms with Gasteiger partial charge in [0, 0.05) is 19.2 Å². The van der Waals surface area contributed by atoms with E-state index in [1.807, 2.05) is 24.3 Å². The van der Waals surface area contributed by atoms with Gasteiger partial charge in [-0.25, -0.2) is 4.39 Å². The third kappa shape index (κ3) is 4.05. The number of hydrogen-bond acceptors (Lipinski definition) is 2. The Morgan fingerprint density at radius 1 is 1.19 bits per heavy atom. The quantitative estimate of drug-likeness (QED) is 0.846.